The molecule has 0 radical (unpaired) electrons. The van der Waals surface area contributed by atoms with E-state index in [0.717, 1.165) is 31.6 Å². The molecule has 0 amide bonds. The quantitative estimate of drug-likeness (QED) is 0.814. The van der Waals surface area contributed by atoms with Crippen LogP contribution in [0.25, 0.3) is 0 Å². The minimum atomic E-state index is 0.518. The van der Waals surface area contributed by atoms with E-state index >= 15 is 0 Å². The van der Waals surface area contributed by atoms with Gasteiger partial charge in [-0.1, -0.05) is 6.42 Å². The van der Waals surface area contributed by atoms with Crippen molar-refractivity contribution in [2.24, 2.45) is 11.8 Å². The third kappa shape index (κ3) is 4.19. The number of methoxy groups -OCH3 is 1. The number of rotatable bonds is 5. The van der Waals surface area contributed by atoms with E-state index in [1.807, 2.05) is 7.11 Å². The van der Waals surface area contributed by atoms with Crippen molar-refractivity contribution in [1.29, 1.82) is 0 Å². The molecule has 0 aromatic carbocycles. The lowest BCUT2D eigenvalue weighted by molar-refractivity contribution is 0.0485. The van der Waals surface area contributed by atoms with Gasteiger partial charge in [-0.25, -0.2) is 0 Å². The molecule has 3 fully saturated rings. The van der Waals surface area contributed by atoms with Gasteiger partial charge >= 0.3 is 0 Å². The Hall–Kier alpha value is -0.160. The van der Waals surface area contributed by atoms with Gasteiger partial charge in [0.05, 0.1) is 19.3 Å². The largest absolute Gasteiger partial charge is 0.381 e. The molecule has 0 bridgehead atoms. The first-order valence-corrected chi connectivity index (χ1v) is 8.94. The van der Waals surface area contributed by atoms with Crippen LogP contribution in [0.1, 0.15) is 44.9 Å². The summed E-state index contributed by atoms with van der Waals surface area (Å²) in [5.74, 6) is 1.62. The SMILES string of the molecule is COC1CCC(CNC2CCCC2C2COCCN2)CC1. The maximum atomic E-state index is 5.66. The van der Waals surface area contributed by atoms with Crippen molar-refractivity contribution in [2.75, 3.05) is 33.4 Å². The van der Waals surface area contributed by atoms with Crippen molar-refractivity contribution in [3.8, 4) is 0 Å². The van der Waals surface area contributed by atoms with Gasteiger partial charge in [-0.2, -0.15) is 0 Å². The van der Waals surface area contributed by atoms with E-state index in [0.29, 0.717) is 18.2 Å². The molecule has 1 heterocycles. The van der Waals surface area contributed by atoms with Crippen molar-refractivity contribution in [3.63, 3.8) is 0 Å². The lowest BCUT2D eigenvalue weighted by Crippen LogP contribution is -2.51. The first kappa shape index (κ1) is 15.7. The molecule has 0 aromatic heterocycles. The standard InChI is InChI=1S/C17H32N2O2/c1-20-14-7-5-13(6-8-14)11-19-16-4-2-3-15(16)17-12-21-10-9-18-17/h13-19H,2-12H2,1H3. The van der Waals surface area contributed by atoms with E-state index in [9.17, 15) is 0 Å². The van der Waals surface area contributed by atoms with E-state index < -0.39 is 0 Å². The van der Waals surface area contributed by atoms with E-state index in [2.05, 4.69) is 10.6 Å². The maximum absolute atomic E-state index is 5.66. The Labute approximate surface area is 129 Å². The van der Waals surface area contributed by atoms with Crippen molar-refractivity contribution in [3.05, 3.63) is 0 Å². The first-order chi connectivity index (χ1) is 10.4. The van der Waals surface area contributed by atoms with Crippen molar-refractivity contribution in [1.82, 2.24) is 10.6 Å². The molecule has 0 spiro atoms. The number of nitrogens with one attached hydrogen (secondary N) is 2. The van der Waals surface area contributed by atoms with Gasteiger partial charge in [-0.05, 0) is 56.9 Å². The Kier molecular flexibility index (Phi) is 5.92. The zero-order valence-corrected chi connectivity index (χ0v) is 13.5. The van der Waals surface area contributed by atoms with Crippen LogP contribution in [0, 0.1) is 11.8 Å². The molecule has 4 nitrogen and oxygen atoms in total. The third-order valence-corrected chi connectivity index (χ3v) is 5.83. The molecule has 1 saturated heterocycles. The number of hydrogen-bond acceptors (Lipinski definition) is 4. The van der Waals surface area contributed by atoms with Crippen LogP contribution in [0.3, 0.4) is 0 Å². The molecule has 122 valence electrons. The highest BCUT2D eigenvalue weighted by Gasteiger charge is 2.34. The highest BCUT2D eigenvalue weighted by molar-refractivity contribution is 4.92. The zero-order valence-electron chi connectivity index (χ0n) is 13.5. The molecule has 21 heavy (non-hydrogen) atoms. The molecule has 3 unspecified atom stereocenters. The van der Waals surface area contributed by atoms with Crippen LogP contribution in [-0.2, 0) is 9.47 Å². The van der Waals surface area contributed by atoms with Gasteiger partial charge in [0, 0.05) is 25.7 Å². The maximum Gasteiger partial charge on any atom is 0.0623 e. The summed E-state index contributed by atoms with van der Waals surface area (Å²) in [4.78, 5) is 0. The lowest BCUT2D eigenvalue weighted by atomic mass is 9.86. The molecule has 2 N–H and O–H groups in total. The highest BCUT2D eigenvalue weighted by Crippen LogP contribution is 2.31. The Bertz CT molecular complexity index is 299. The number of morpholine rings is 1. The van der Waals surface area contributed by atoms with E-state index in [1.54, 1.807) is 0 Å². The van der Waals surface area contributed by atoms with Gasteiger partial charge in [0.15, 0.2) is 0 Å². The fraction of sp³-hybridized carbons (Fsp3) is 1.00. The molecule has 3 rings (SSSR count). The van der Waals surface area contributed by atoms with E-state index in [1.165, 1.54) is 51.5 Å². The Morgan fingerprint density at radius 3 is 2.71 bits per heavy atom. The van der Waals surface area contributed by atoms with Crippen LogP contribution >= 0.6 is 0 Å². The van der Waals surface area contributed by atoms with Crippen LogP contribution < -0.4 is 10.6 Å². The summed E-state index contributed by atoms with van der Waals surface area (Å²) in [6.07, 6.45) is 9.73. The molecular weight excluding hydrogens is 264 g/mol. The average Bonchev–Trinajstić information content (AvgIpc) is 3.03. The molecule has 0 aromatic rings. The van der Waals surface area contributed by atoms with Gasteiger partial charge in [0.1, 0.15) is 0 Å². The van der Waals surface area contributed by atoms with Crippen LogP contribution in [0.2, 0.25) is 0 Å². The van der Waals surface area contributed by atoms with Gasteiger partial charge in [0.2, 0.25) is 0 Å². The third-order valence-electron chi connectivity index (χ3n) is 5.83. The molecular formula is C17H32N2O2. The second-order valence-electron chi connectivity index (χ2n) is 7.12. The summed E-state index contributed by atoms with van der Waals surface area (Å²) in [6.45, 7) is 4.01. The van der Waals surface area contributed by atoms with Crippen LogP contribution in [0.15, 0.2) is 0 Å². The van der Waals surface area contributed by atoms with Crippen molar-refractivity contribution >= 4 is 0 Å². The zero-order chi connectivity index (χ0) is 14.5. The van der Waals surface area contributed by atoms with Crippen LogP contribution in [0.5, 0.6) is 0 Å². The number of ether oxygens (including phenoxy) is 2. The number of hydrogen-bond donors (Lipinski definition) is 2. The van der Waals surface area contributed by atoms with E-state index in [4.69, 9.17) is 9.47 Å². The molecule has 1 aliphatic heterocycles. The van der Waals surface area contributed by atoms with Crippen molar-refractivity contribution in [2.45, 2.75) is 63.1 Å². The van der Waals surface area contributed by atoms with Gasteiger partial charge in [-0.15, -0.1) is 0 Å². The van der Waals surface area contributed by atoms with Gasteiger partial charge in [-0.3, -0.25) is 0 Å². The van der Waals surface area contributed by atoms with Crippen LogP contribution in [0.4, 0.5) is 0 Å². The second kappa shape index (κ2) is 7.91. The predicted octanol–water partition coefficient (Wildman–Crippen LogP) is 1.94. The minimum absolute atomic E-state index is 0.518. The summed E-state index contributed by atoms with van der Waals surface area (Å²) >= 11 is 0. The smallest absolute Gasteiger partial charge is 0.0623 e. The predicted molar refractivity (Wildman–Crippen MR) is 84.5 cm³/mol. The lowest BCUT2D eigenvalue weighted by Gasteiger charge is -2.34. The molecule has 4 heteroatoms. The normalized spacial score (nSPS) is 41.3. The Balaban J connectivity index is 1.41. The van der Waals surface area contributed by atoms with Crippen LogP contribution in [-0.4, -0.2) is 51.6 Å². The highest BCUT2D eigenvalue weighted by atomic mass is 16.5. The van der Waals surface area contributed by atoms with Gasteiger partial charge in [0.25, 0.3) is 0 Å². The molecule has 2 aliphatic carbocycles. The fourth-order valence-electron chi connectivity index (χ4n) is 4.47. The summed E-state index contributed by atoms with van der Waals surface area (Å²) in [6, 6.07) is 1.27. The fourth-order valence-corrected chi connectivity index (χ4v) is 4.47. The summed E-state index contributed by atoms with van der Waals surface area (Å²) in [5, 5.41) is 7.56. The average molecular weight is 296 g/mol. The minimum Gasteiger partial charge on any atom is -0.381 e. The Morgan fingerprint density at radius 2 is 2.00 bits per heavy atom. The van der Waals surface area contributed by atoms with Gasteiger partial charge < -0.3 is 20.1 Å². The molecule has 2 saturated carbocycles. The van der Waals surface area contributed by atoms with E-state index in [-0.39, 0.29) is 0 Å². The van der Waals surface area contributed by atoms with Crippen molar-refractivity contribution < 1.29 is 9.47 Å². The molecule has 3 aliphatic rings. The Morgan fingerprint density at radius 1 is 1.14 bits per heavy atom. The topological polar surface area (TPSA) is 42.5 Å². The summed E-state index contributed by atoms with van der Waals surface area (Å²) in [5.41, 5.74) is 0. The summed E-state index contributed by atoms with van der Waals surface area (Å²) in [7, 11) is 1.85. The summed E-state index contributed by atoms with van der Waals surface area (Å²) < 4.78 is 11.1. The molecule has 3 atom stereocenters. The first-order valence-electron chi connectivity index (χ1n) is 8.94. The second-order valence-corrected chi connectivity index (χ2v) is 7.12. The monoisotopic (exact) mass is 296 g/mol.